The van der Waals surface area contributed by atoms with E-state index in [-0.39, 0.29) is 5.04 Å². The topological polar surface area (TPSA) is 101 Å². The Morgan fingerprint density at radius 1 is 0.907 bits per heavy atom. The van der Waals surface area contributed by atoms with Crippen molar-refractivity contribution in [3.05, 3.63) is 55.0 Å². The smallest absolute Gasteiger partial charge is 0.435 e. The molecule has 0 N–H and O–H groups in total. The first-order valence-electron chi connectivity index (χ1n) is 14.3. The molecule has 0 fully saturated rings. The van der Waals surface area contributed by atoms with Crippen molar-refractivity contribution >= 4 is 36.8 Å². The summed E-state index contributed by atoms with van der Waals surface area (Å²) in [4.78, 5) is 24.2. The second-order valence-electron chi connectivity index (χ2n) is 12.9. The van der Waals surface area contributed by atoms with E-state index < -0.39 is 20.0 Å². The maximum atomic E-state index is 12.5. The molecule has 0 atom stereocenters. The quantitative estimate of drug-likeness (QED) is 0.180. The van der Waals surface area contributed by atoms with Gasteiger partial charge in [-0.2, -0.15) is 9.78 Å². The predicted molar refractivity (Wildman–Crippen MR) is 172 cm³/mol. The van der Waals surface area contributed by atoms with Crippen LogP contribution >= 0.6 is 0 Å². The van der Waals surface area contributed by atoms with E-state index in [1.165, 1.54) is 4.68 Å². The molecule has 2 aromatic heterocycles. The number of carbonyl (C=O) groups is 1. The molecule has 0 bridgehead atoms. The number of anilines is 2. The van der Waals surface area contributed by atoms with Crippen molar-refractivity contribution in [1.29, 1.82) is 0 Å². The van der Waals surface area contributed by atoms with Gasteiger partial charge in [0, 0.05) is 47.9 Å². The minimum atomic E-state index is -1.96. The molecule has 2 aromatic carbocycles. The second-order valence-corrected chi connectivity index (χ2v) is 17.7. The van der Waals surface area contributed by atoms with E-state index in [2.05, 4.69) is 48.8 Å². The van der Waals surface area contributed by atoms with E-state index in [4.69, 9.17) is 23.6 Å². The number of aromatic nitrogens is 4. The molecule has 43 heavy (non-hydrogen) atoms. The number of carbonyl (C=O) groups excluding carboxylic acids is 1. The van der Waals surface area contributed by atoms with Crippen molar-refractivity contribution in [2.24, 2.45) is 0 Å². The lowest BCUT2D eigenvalue weighted by Gasteiger charge is -2.37. The summed E-state index contributed by atoms with van der Waals surface area (Å²) in [5, 5.41) is 4.28. The lowest BCUT2D eigenvalue weighted by atomic mass is 10.2. The number of rotatable bonds is 9. The van der Waals surface area contributed by atoms with Gasteiger partial charge in [0.2, 0.25) is 0 Å². The molecule has 0 aliphatic rings. The summed E-state index contributed by atoms with van der Waals surface area (Å²) < 4.78 is 24.3. The van der Waals surface area contributed by atoms with E-state index in [0.29, 0.717) is 41.4 Å². The lowest BCUT2D eigenvalue weighted by Crippen LogP contribution is -2.42. The van der Waals surface area contributed by atoms with Crippen molar-refractivity contribution in [2.75, 3.05) is 32.3 Å². The monoisotopic (exact) mass is 605 g/mol. The molecular formula is C32H43N5O5Si. The molecule has 11 heteroatoms. The third kappa shape index (κ3) is 7.71. The van der Waals surface area contributed by atoms with Gasteiger partial charge in [0.05, 0.1) is 49.9 Å². The van der Waals surface area contributed by atoms with Crippen LogP contribution in [0.1, 0.15) is 41.5 Å². The normalized spacial score (nSPS) is 12.3. The fraction of sp³-hybridized carbons (Fsp3) is 0.438. The Morgan fingerprint density at radius 2 is 1.58 bits per heavy atom. The summed E-state index contributed by atoms with van der Waals surface area (Å²) in [6, 6.07) is 11.8. The molecule has 0 aliphatic carbocycles. The predicted octanol–water partition coefficient (Wildman–Crippen LogP) is 7.45. The zero-order valence-electron chi connectivity index (χ0n) is 26.9. The van der Waals surface area contributed by atoms with E-state index in [1.54, 1.807) is 32.8 Å². The summed E-state index contributed by atoms with van der Waals surface area (Å²) >= 11 is 0. The van der Waals surface area contributed by atoms with Crippen LogP contribution in [-0.4, -0.2) is 67.1 Å². The highest BCUT2D eigenvalue weighted by Crippen LogP contribution is 2.37. The van der Waals surface area contributed by atoms with Crippen molar-refractivity contribution < 1.29 is 23.4 Å². The number of hydrogen-bond donors (Lipinski definition) is 0. The van der Waals surface area contributed by atoms with Crippen LogP contribution in [-0.2, 0) is 9.16 Å². The van der Waals surface area contributed by atoms with Crippen LogP contribution in [0.5, 0.6) is 11.5 Å². The van der Waals surface area contributed by atoms with Crippen LogP contribution in [0.15, 0.2) is 55.0 Å². The van der Waals surface area contributed by atoms with Crippen LogP contribution in [0.3, 0.4) is 0 Å². The molecule has 0 aliphatic heterocycles. The highest BCUT2D eigenvalue weighted by molar-refractivity contribution is 6.74. The van der Waals surface area contributed by atoms with Gasteiger partial charge >= 0.3 is 6.09 Å². The largest absolute Gasteiger partial charge is 0.497 e. The number of fused-ring (bicyclic) bond motifs is 1. The second kappa shape index (κ2) is 12.3. The molecular weight excluding hydrogens is 562 g/mol. The van der Waals surface area contributed by atoms with Gasteiger partial charge in [0.1, 0.15) is 17.1 Å². The molecule has 10 nitrogen and oxygen atoms in total. The first kappa shape index (κ1) is 32.0. The molecule has 230 valence electrons. The van der Waals surface area contributed by atoms with Gasteiger partial charge in [-0.25, -0.2) is 9.78 Å². The highest BCUT2D eigenvalue weighted by Gasteiger charge is 2.37. The van der Waals surface area contributed by atoms with Gasteiger partial charge in [-0.05, 0) is 57.1 Å². The first-order valence-corrected chi connectivity index (χ1v) is 17.2. The molecule has 2 heterocycles. The Kier molecular flexibility index (Phi) is 9.17. The molecule has 0 unspecified atom stereocenters. The first-order chi connectivity index (χ1) is 20.1. The van der Waals surface area contributed by atoms with Gasteiger partial charge in [0.15, 0.2) is 8.32 Å². The zero-order chi connectivity index (χ0) is 31.6. The number of methoxy groups -OCH3 is 2. The van der Waals surface area contributed by atoms with Gasteiger partial charge in [-0.1, -0.05) is 20.8 Å². The number of ether oxygens (including phenoxy) is 3. The average molecular weight is 606 g/mol. The van der Waals surface area contributed by atoms with E-state index in [0.717, 1.165) is 16.9 Å². The molecule has 0 radical (unpaired) electrons. The highest BCUT2D eigenvalue weighted by atomic mass is 28.4. The van der Waals surface area contributed by atoms with Crippen molar-refractivity contribution in [3.63, 3.8) is 0 Å². The fourth-order valence-corrected chi connectivity index (χ4v) is 5.17. The molecule has 0 saturated heterocycles. The Labute approximate surface area is 255 Å². The Morgan fingerprint density at radius 3 is 2.19 bits per heavy atom. The molecule has 0 amide bonds. The Hall–Kier alpha value is -3.96. The lowest BCUT2D eigenvalue weighted by molar-refractivity contribution is 0.0514. The van der Waals surface area contributed by atoms with Crippen molar-refractivity contribution in [1.82, 2.24) is 19.7 Å². The maximum absolute atomic E-state index is 12.5. The van der Waals surface area contributed by atoms with Crippen LogP contribution in [0.25, 0.3) is 22.3 Å². The molecule has 4 aromatic rings. The van der Waals surface area contributed by atoms with E-state index >= 15 is 0 Å². The van der Waals surface area contributed by atoms with Crippen molar-refractivity contribution in [2.45, 2.75) is 65.3 Å². The van der Waals surface area contributed by atoms with Crippen molar-refractivity contribution in [3.8, 4) is 22.8 Å². The summed E-state index contributed by atoms with van der Waals surface area (Å²) in [6.45, 7) is 17.8. The van der Waals surface area contributed by atoms with Crippen LogP contribution in [0.2, 0.25) is 18.1 Å². The molecule has 0 spiro atoms. The summed E-state index contributed by atoms with van der Waals surface area (Å²) in [5.41, 5.74) is 3.88. The Bertz CT molecular complexity index is 1570. The van der Waals surface area contributed by atoms with Gasteiger partial charge < -0.3 is 23.5 Å². The van der Waals surface area contributed by atoms with Gasteiger partial charge in [-0.3, -0.25) is 4.98 Å². The summed E-state index contributed by atoms with van der Waals surface area (Å²) in [7, 11) is 1.32. The van der Waals surface area contributed by atoms with E-state index in [1.807, 2.05) is 57.2 Å². The number of hydrogen-bond acceptors (Lipinski definition) is 9. The number of benzene rings is 2. The molecule has 0 saturated carbocycles. The number of nitrogens with zero attached hydrogens (tertiary/aromatic N) is 5. The van der Waals surface area contributed by atoms with Crippen LogP contribution in [0, 0.1) is 0 Å². The third-order valence-corrected chi connectivity index (χ3v) is 12.1. The maximum Gasteiger partial charge on any atom is 0.435 e. The zero-order valence-corrected chi connectivity index (χ0v) is 27.9. The summed E-state index contributed by atoms with van der Waals surface area (Å²) in [6.07, 6.45) is 4.30. The SMILES string of the molecule is COc1cc(OC)cc(N(CCO[Si](C)(C)C(C)(C)C)c2ccc3ncc(-c4cnn(C(=O)OC(C)(C)C)c4)nc3c2)c1. The van der Waals surface area contributed by atoms with Gasteiger partial charge in [-0.15, -0.1) is 0 Å². The standard InChI is InChI=1S/C32H43N5O5Si/c1-31(2,3)42-30(38)37-21-22(19-34-37)29-20-33-27-12-11-23(17-28(27)35-29)36(13-14-41-43(9,10)32(4,5)6)24-15-25(39-7)18-26(16-24)40-8/h11-12,15-21H,13-14H2,1-10H3. The minimum Gasteiger partial charge on any atom is -0.497 e. The average Bonchev–Trinajstić information content (AvgIpc) is 3.44. The summed E-state index contributed by atoms with van der Waals surface area (Å²) in [5.74, 6) is 1.38. The fourth-order valence-electron chi connectivity index (χ4n) is 4.13. The van der Waals surface area contributed by atoms with Crippen LogP contribution < -0.4 is 14.4 Å². The molecule has 4 rings (SSSR count). The minimum absolute atomic E-state index is 0.100. The van der Waals surface area contributed by atoms with Crippen LogP contribution in [0.4, 0.5) is 16.2 Å². The Balaban J connectivity index is 1.70. The van der Waals surface area contributed by atoms with Gasteiger partial charge in [0.25, 0.3) is 0 Å². The van der Waals surface area contributed by atoms with E-state index in [9.17, 15) is 4.79 Å². The third-order valence-electron chi connectivity index (χ3n) is 7.53.